The summed E-state index contributed by atoms with van der Waals surface area (Å²) in [5.74, 6) is 2.91. The monoisotopic (exact) mass is 468 g/mol. The first-order valence-corrected chi connectivity index (χ1v) is 13.8. The Morgan fingerprint density at radius 2 is 0.970 bits per heavy atom. The lowest BCUT2D eigenvalue weighted by Gasteiger charge is -2.51. The maximum absolute atomic E-state index is 6.85. The van der Waals surface area contributed by atoms with E-state index in [0.29, 0.717) is 41.4 Å². The summed E-state index contributed by atoms with van der Waals surface area (Å²) in [5.41, 5.74) is 0. The van der Waals surface area contributed by atoms with Crippen molar-refractivity contribution in [1.82, 2.24) is 0 Å². The first-order valence-electron chi connectivity index (χ1n) is 13.8. The first-order chi connectivity index (χ1) is 15.5. The molecule has 0 aromatic rings. The second kappa shape index (κ2) is 11.2. The molecule has 0 N–H and O–H groups in total. The highest BCUT2D eigenvalue weighted by Gasteiger charge is 2.49. The standard InChI is InChI=1S/C28H52O5/c1-12-23-17(6)19(8)26(33-27-20(9)14(3)15(4)22(11)30-27)28(31-23)32-25-18(7)16(5)21(10)29-24(25)13-2/h14-28H,12-13H2,1-11H3/t14-,15-,16?,17+,18?,19-,20?,21?,22?,23?,24-,25-,26?,27-,28-/m0/s1. The highest BCUT2D eigenvalue weighted by atomic mass is 16.7. The van der Waals surface area contributed by atoms with Gasteiger partial charge in [-0.25, -0.2) is 0 Å². The Hall–Kier alpha value is -0.200. The smallest absolute Gasteiger partial charge is 0.184 e. The van der Waals surface area contributed by atoms with Crippen LogP contribution in [0.15, 0.2) is 0 Å². The summed E-state index contributed by atoms with van der Waals surface area (Å²) in [6, 6.07) is 0. The zero-order valence-corrected chi connectivity index (χ0v) is 23.1. The lowest BCUT2D eigenvalue weighted by atomic mass is 9.79. The van der Waals surface area contributed by atoms with Gasteiger partial charge in [-0.15, -0.1) is 0 Å². The molecule has 3 saturated heterocycles. The molecular formula is C28H52O5. The Kier molecular flexibility index (Phi) is 9.33. The Morgan fingerprint density at radius 3 is 1.58 bits per heavy atom. The number of rotatable bonds is 6. The quantitative estimate of drug-likeness (QED) is 0.459. The molecule has 0 aromatic carbocycles. The summed E-state index contributed by atoms with van der Waals surface area (Å²) in [6.45, 7) is 24.8. The Balaban J connectivity index is 1.83. The van der Waals surface area contributed by atoms with Crippen molar-refractivity contribution in [2.24, 2.45) is 41.4 Å². The molecule has 15 atom stereocenters. The minimum absolute atomic E-state index is 0.00187. The third-order valence-electron chi connectivity index (χ3n) is 9.92. The van der Waals surface area contributed by atoms with Gasteiger partial charge in [0.25, 0.3) is 0 Å². The van der Waals surface area contributed by atoms with Crippen molar-refractivity contribution in [3.8, 4) is 0 Å². The van der Waals surface area contributed by atoms with Gasteiger partial charge in [-0.05, 0) is 62.2 Å². The van der Waals surface area contributed by atoms with Crippen LogP contribution in [0.5, 0.6) is 0 Å². The highest BCUT2D eigenvalue weighted by molar-refractivity contribution is 4.91. The zero-order valence-electron chi connectivity index (χ0n) is 23.1. The van der Waals surface area contributed by atoms with Gasteiger partial charge in [0.05, 0.1) is 30.5 Å². The van der Waals surface area contributed by atoms with Crippen molar-refractivity contribution in [2.45, 2.75) is 138 Å². The summed E-state index contributed by atoms with van der Waals surface area (Å²) >= 11 is 0. The molecule has 0 aliphatic carbocycles. The fraction of sp³-hybridized carbons (Fsp3) is 1.00. The van der Waals surface area contributed by atoms with Crippen LogP contribution in [0.1, 0.15) is 89.0 Å². The molecule has 3 heterocycles. The summed E-state index contributed by atoms with van der Waals surface area (Å²) in [4.78, 5) is 0. The molecular weight excluding hydrogens is 416 g/mol. The molecule has 3 aliphatic rings. The van der Waals surface area contributed by atoms with Gasteiger partial charge in [0.1, 0.15) is 6.10 Å². The molecule has 5 heteroatoms. The largest absolute Gasteiger partial charge is 0.372 e. The summed E-state index contributed by atoms with van der Waals surface area (Å²) in [6.07, 6.45) is 1.77. The van der Waals surface area contributed by atoms with E-state index < -0.39 is 6.29 Å². The molecule has 33 heavy (non-hydrogen) atoms. The van der Waals surface area contributed by atoms with Crippen molar-refractivity contribution < 1.29 is 23.7 Å². The molecule has 0 spiro atoms. The van der Waals surface area contributed by atoms with E-state index in [4.69, 9.17) is 23.7 Å². The van der Waals surface area contributed by atoms with Gasteiger partial charge in [-0.3, -0.25) is 0 Å². The van der Waals surface area contributed by atoms with Crippen LogP contribution in [0.4, 0.5) is 0 Å². The van der Waals surface area contributed by atoms with Crippen LogP contribution in [0.25, 0.3) is 0 Å². The average molecular weight is 469 g/mol. The third-order valence-corrected chi connectivity index (χ3v) is 9.92. The van der Waals surface area contributed by atoms with E-state index in [2.05, 4.69) is 76.2 Å². The van der Waals surface area contributed by atoms with E-state index in [1.165, 1.54) is 0 Å². The van der Waals surface area contributed by atoms with E-state index in [1.54, 1.807) is 0 Å². The summed E-state index contributed by atoms with van der Waals surface area (Å²) < 4.78 is 33.1. The van der Waals surface area contributed by atoms with Gasteiger partial charge < -0.3 is 23.7 Å². The van der Waals surface area contributed by atoms with Crippen molar-refractivity contribution in [3.63, 3.8) is 0 Å². The van der Waals surface area contributed by atoms with Gasteiger partial charge in [-0.1, -0.05) is 62.3 Å². The van der Waals surface area contributed by atoms with Crippen LogP contribution in [-0.2, 0) is 23.7 Å². The van der Waals surface area contributed by atoms with Crippen molar-refractivity contribution in [2.75, 3.05) is 0 Å². The SMILES string of the molecule is CCC1O[C@@H](O[C@H]2C(C)C(C)C(C)O[C@H]2CC)C(O[C@@H]2OC(C)[C@@H](C)[C@H](C)C2C)[C@@H](C)[C@H]1C. The lowest BCUT2D eigenvalue weighted by molar-refractivity contribution is -0.354. The molecule has 0 radical (unpaired) electrons. The van der Waals surface area contributed by atoms with E-state index >= 15 is 0 Å². The zero-order chi connectivity index (χ0) is 24.6. The Labute approximate surface area is 203 Å². The van der Waals surface area contributed by atoms with Crippen LogP contribution in [-0.4, -0.2) is 49.2 Å². The van der Waals surface area contributed by atoms with E-state index in [9.17, 15) is 0 Å². The summed E-state index contributed by atoms with van der Waals surface area (Å²) in [5, 5.41) is 0. The van der Waals surface area contributed by atoms with E-state index in [-0.39, 0.29) is 42.9 Å². The Bertz CT molecular complexity index is 611. The molecule has 5 nitrogen and oxygen atoms in total. The van der Waals surface area contributed by atoms with E-state index in [0.717, 1.165) is 12.8 Å². The third kappa shape index (κ3) is 5.48. The van der Waals surface area contributed by atoms with Crippen molar-refractivity contribution in [3.05, 3.63) is 0 Å². The van der Waals surface area contributed by atoms with Gasteiger partial charge in [-0.2, -0.15) is 0 Å². The van der Waals surface area contributed by atoms with Gasteiger partial charge >= 0.3 is 0 Å². The van der Waals surface area contributed by atoms with E-state index in [1.807, 2.05) is 0 Å². The molecule has 3 fully saturated rings. The lowest BCUT2D eigenvalue weighted by Crippen LogP contribution is -2.58. The summed E-state index contributed by atoms with van der Waals surface area (Å²) in [7, 11) is 0. The normalized spacial score (nSPS) is 53.7. The predicted octanol–water partition coefficient (Wildman–Crippen LogP) is 6.29. The highest BCUT2D eigenvalue weighted by Crippen LogP contribution is 2.42. The molecule has 3 aliphatic heterocycles. The van der Waals surface area contributed by atoms with Gasteiger partial charge in [0.15, 0.2) is 12.6 Å². The van der Waals surface area contributed by atoms with Crippen LogP contribution in [0.3, 0.4) is 0 Å². The second-order valence-corrected chi connectivity index (χ2v) is 11.7. The van der Waals surface area contributed by atoms with Crippen LogP contribution in [0, 0.1) is 41.4 Å². The fourth-order valence-electron chi connectivity index (χ4n) is 6.19. The van der Waals surface area contributed by atoms with Gasteiger partial charge in [0.2, 0.25) is 0 Å². The Morgan fingerprint density at radius 1 is 0.455 bits per heavy atom. The maximum atomic E-state index is 6.85. The van der Waals surface area contributed by atoms with Crippen molar-refractivity contribution in [1.29, 1.82) is 0 Å². The maximum Gasteiger partial charge on any atom is 0.184 e. The predicted molar refractivity (Wildman–Crippen MR) is 132 cm³/mol. The molecule has 0 bridgehead atoms. The minimum atomic E-state index is -0.410. The molecule has 7 unspecified atom stereocenters. The molecule has 3 rings (SSSR count). The van der Waals surface area contributed by atoms with Crippen LogP contribution >= 0.6 is 0 Å². The average Bonchev–Trinajstić information content (AvgIpc) is 2.80. The second-order valence-electron chi connectivity index (χ2n) is 11.7. The topological polar surface area (TPSA) is 46.2 Å². The van der Waals surface area contributed by atoms with Crippen LogP contribution in [0.2, 0.25) is 0 Å². The fourth-order valence-corrected chi connectivity index (χ4v) is 6.19. The van der Waals surface area contributed by atoms with Crippen molar-refractivity contribution >= 4 is 0 Å². The number of hydrogen-bond donors (Lipinski definition) is 0. The number of hydrogen-bond acceptors (Lipinski definition) is 5. The first kappa shape index (κ1) is 27.4. The minimum Gasteiger partial charge on any atom is -0.372 e. The molecule has 0 saturated carbocycles. The molecule has 194 valence electrons. The molecule has 0 aromatic heterocycles. The number of ether oxygens (including phenoxy) is 5. The molecule has 0 amide bonds. The van der Waals surface area contributed by atoms with Gasteiger partial charge in [0, 0.05) is 5.92 Å². The van der Waals surface area contributed by atoms with Crippen LogP contribution < -0.4 is 0 Å².